The number of amides is 1. The summed E-state index contributed by atoms with van der Waals surface area (Å²) < 4.78 is 26.9. The molecular formula is C17H21N3O3S. The first-order valence-corrected chi connectivity index (χ1v) is 9.25. The van der Waals surface area contributed by atoms with Crippen LogP contribution in [-0.4, -0.2) is 20.1 Å². The summed E-state index contributed by atoms with van der Waals surface area (Å²) in [4.78, 5) is 11.9. The minimum absolute atomic E-state index is 0.160. The maximum absolute atomic E-state index is 12.2. The Bertz CT molecular complexity index is 749. The van der Waals surface area contributed by atoms with Crippen LogP contribution in [0, 0.1) is 5.92 Å². The Kier molecular flexibility index (Phi) is 6.34. The lowest BCUT2D eigenvalue weighted by Crippen LogP contribution is -2.38. The van der Waals surface area contributed by atoms with Gasteiger partial charge in [0.25, 0.3) is 0 Å². The Hall–Kier alpha value is -2.38. The van der Waals surface area contributed by atoms with E-state index in [-0.39, 0.29) is 18.1 Å². The van der Waals surface area contributed by atoms with E-state index in [4.69, 9.17) is 5.84 Å². The van der Waals surface area contributed by atoms with Crippen LogP contribution in [0.3, 0.4) is 0 Å². The Morgan fingerprint density at radius 3 is 2.17 bits per heavy atom. The van der Waals surface area contributed by atoms with E-state index in [9.17, 15) is 13.2 Å². The van der Waals surface area contributed by atoms with E-state index >= 15 is 0 Å². The molecule has 0 spiro atoms. The quantitative estimate of drug-likeness (QED) is 0.384. The third-order valence-electron chi connectivity index (χ3n) is 3.62. The van der Waals surface area contributed by atoms with Crippen LogP contribution >= 0.6 is 0 Å². The van der Waals surface area contributed by atoms with Gasteiger partial charge >= 0.3 is 0 Å². The van der Waals surface area contributed by atoms with Crippen molar-refractivity contribution in [2.75, 3.05) is 10.5 Å². The number of rotatable bonds is 8. The predicted octanol–water partition coefficient (Wildman–Crippen LogP) is 1.67. The van der Waals surface area contributed by atoms with Crippen LogP contribution in [0.2, 0.25) is 0 Å². The van der Waals surface area contributed by atoms with Crippen LogP contribution in [0.15, 0.2) is 60.7 Å². The van der Waals surface area contributed by atoms with Crippen molar-refractivity contribution in [2.24, 2.45) is 11.8 Å². The molecule has 0 saturated carbocycles. The van der Waals surface area contributed by atoms with Crippen molar-refractivity contribution in [3.63, 3.8) is 0 Å². The molecule has 2 rings (SSSR count). The van der Waals surface area contributed by atoms with Crippen LogP contribution in [0.1, 0.15) is 12.0 Å². The molecule has 0 aromatic heterocycles. The van der Waals surface area contributed by atoms with E-state index in [2.05, 4.69) is 10.1 Å². The second-order valence-corrected chi connectivity index (χ2v) is 7.31. The van der Waals surface area contributed by atoms with Gasteiger partial charge in [-0.25, -0.2) is 14.3 Å². The van der Waals surface area contributed by atoms with Gasteiger partial charge in [0.2, 0.25) is 15.9 Å². The van der Waals surface area contributed by atoms with Gasteiger partial charge in [-0.2, -0.15) is 0 Å². The van der Waals surface area contributed by atoms with Crippen molar-refractivity contribution in [1.29, 1.82) is 0 Å². The number of hydrogen-bond donors (Lipinski definition) is 3. The maximum Gasteiger partial charge on any atom is 0.237 e. The van der Waals surface area contributed by atoms with Crippen LogP contribution < -0.4 is 16.0 Å². The fraction of sp³-hybridized carbons (Fsp3) is 0.235. The highest BCUT2D eigenvalue weighted by atomic mass is 32.2. The first-order valence-electron chi connectivity index (χ1n) is 7.60. The van der Waals surface area contributed by atoms with E-state index in [1.54, 1.807) is 30.3 Å². The third kappa shape index (κ3) is 5.68. The van der Waals surface area contributed by atoms with Gasteiger partial charge in [-0.15, -0.1) is 0 Å². The SMILES string of the molecule is NNC(=O)C(CCS(=O)(=O)Nc1ccccc1)Cc1ccccc1. The highest BCUT2D eigenvalue weighted by Crippen LogP contribution is 2.15. The standard InChI is InChI=1S/C17H21N3O3S/c18-19-17(21)15(13-14-7-3-1-4-8-14)11-12-24(22,23)20-16-9-5-2-6-10-16/h1-10,15,20H,11-13,18H2,(H,19,21). The minimum Gasteiger partial charge on any atom is -0.294 e. The molecule has 0 radical (unpaired) electrons. The second kappa shape index (κ2) is 8.47. The van der Waals surface area contributed by atoms with Crippen molar-refractivity contribution >= 4 is 21.6 Å². The summed E-state index contributed by atoms with van der Waals surface area (Å²) in [6.45, 7) is 0. The number of anilines is 1. The molecule has 1 atom stereocenters. The number of nitrogens with two attached hydrogens (primary N) is 1. The molecule has 7 heteroatoms. The number of hydrazine groups is 1. The molecule has 6 nitrogen and oxygen atoms in total. The summed E-state index contributed by atoms with van der Waals surface area (Å²) in [6.07, 6.45) is 0.616. The van der Waals surface area contributed by atoms with Crippen LogP contribution in [0.25, 0.3) is 0 Å². The van der Waals surface area contributed by atoms with Gasteiger partial charge in [0.15, 0.2) is 0 Å². The molecule has 24 heavy (non-hydrogen) atoms. The number of nitrogens with one attached hydrogen (secondary N) is 2. The zero-order valence-electron chi connectivity index (χ0n) is 13.2. The molecule has 0 saturated heterocycles. The number of benzene rings is 2. The summed E-state index contributed by atoms with van der Waals surface area (Å²) in [5.41, 5.74) is 3.58. The van der Waals surface area contributed by atoms with Gasteiger partial charge < -0.3 is 0 Å². The average Bonchev–Trinajstić information content (AvgIpc) is 2.59. The summed E-state index contributed by atoms with van der Waals surface area (Å²) in [6, 6.07) is 18.1. The molecule has 0 aliphatic rings. The minimum atomic E-state index is -3.53. The van der Waals surface area contributed by atoms with Gasteiger partial charge in [0.05, 0.1) is 5.75 Å². The predicted molar refractivity (Wildman–Crippen MR) is 94.4 cm³/mol. The van der Waals surface area contributed by atoms with Crippen molar-refractivity contribution in [1.82, 2.24) is 5.43 Å². The molecule has 0 bridgehead atoms. The zero-order chi connectivity index (χ0) is 17.4. The summed E-state index contributed by atoms with van der Waals surface area (Å²) in [5.74, 6) is 4.19. The number of hydrogen-bond acceptors (Lipinski definition) is 4. The lowest BCUT2D eigenvalue weighted by atomic mass is 9.96. The first kappa shape index (κ1) is 18.0. The number of carbonyl (C=O) groups excluding carboxylic acids is 1. The molecule has 0 heterocycles. The van der Waals surface area contributed by atoms with E-state index in [0.717, 1.165) is 5.56 Å². The van der Waals surface area contributed by atoms with Gasteiger partial charge in [-0.05, 0) is 30.5 Å². The molecule has 2 aromatic carbocycles. The van der Waals surface area contributed by atoms with Gasteiger partial charge in [-0.3, -0.25) is 14.9 Å². The maximum atomic E-state index is 12.2. The molecule has 1 amide bonds. The van der Waals surface area contributed by atoms with Crippen molar-refractivity contribution < 1.29 is 13.2 Å². The fourth-order valence-electron chi connectivity index (χ4n) is 2.38. The number of para-hydroxylation sites is 1. The largest absolute Gasteiger partial charge is 0.294 e. The van der Waals surface area contributed by atoms with Gasteiger partial charge in [-0.1, -0.05) is 48.5 Å². The van der Waals surface area contributed by atoms with E-state index < -0.39 is 15.9 Å². The van der Waals surface area contributed by atoms with Crippen LogP contribution in [0.4, 0.5) is 5.69 Å². The topological polar surface area (TPSA) is 101 Å². The van der Waals surface area contributed by atoms with Crippen LogP contribution in [0.5, 0.6) is 0 Å². The van der Waals surface area contributed by atoms with Gasteiger partial charge in [0.1, 0.15) is 0 Å². The Balaban J connectivity index is 2.00. The summed E-state index contributed by atoms with van der Waals surface area (Å²) >= 11 is 0. The fourth-order valence-corrected chi connectivity index (χ4v) is 3.57. The van der Waals surface area contributed by atoms with Crippen LogP contribution in [-0.2, 0) is 21.2 Å². The Morgan fingerprint density at radius 2 is 1.58 bits per heavy atom. The lowest BCUT2D eigenvalue weighted by molar-refractivity contribution is -0.125. The van der Waals surface area contributed by atoms with Crippen molar-refractivity contribution in [3.05, 3.63) is 66.2 Å². The lowest BCUT2D eigenvalue weighted by Gasteiger charge is -2.16. The smallest absolute Gasteiger partial charge is 0.237 e. The molecule has 4 N–H and O–H groups in total. The molecule has 0 aliphatic carbocycles. The van der Waals surface area contributed by atoms with Gasteiger partial charge in [0, 0.05) is 11.6 Å². The monoisotopic (exact) mass is 347 g/mol. The zero-order valence-corrected chi connectivity index (χ0v) is 14.0. The molecule has 0 aliphatic heterocycles. The van der Waals surface area contributed by atoms with Crippen molar-refractivity contribution in [3.8, 4) is 0 Å². The highest BCUT2D eigenvalue weighted by molar-refractivity contribution is 7.92. The first-order chi connectivity index (χ1) is 11.5. The number of sulfonamides is 1. The van der Waals surface area contributed by atoms with E-state index in [0.29, 0.717) is 12.1 Å². The third-order valence-corrected chi connectivity index (χ3v) is 4.94. The second-order valence-electron chi connectivity index (χ2n) is 5.47. The van der Waals surface area contributed by atoms with E-state index in [1.807, 2.05) is 30.3 Å². The Labute approximate surface area is 142 Å². The summed E-state index contributed by atoms with van der Waals surface area (Å²) in [7, 11) is -3.53. The normalized spacial score (nSPS) is 12.4. The molecule has 0 fully saturated rings. The average molecular weight is 347 g/mol. The number of carbonyl (C=O) groups is 1. The molecule has 1 unspecified atom stereocenters. The summed E-state index contributed by atoms with van der Waals surface area (Å²) in [5, 5.41) is 0. The van der Waals surface area contributed by atoms with E-state index in [1.165, 1.54) is 0 Å². The molecular weight excluding hydrogens is 326 g/mol. The van der Waals surface area contributed by atoms with Crippen molar-refractivity contribution in [2.45, 2.75) is 12.8 Å². The molecule has 128 valence electrons. The molecule has 2 aromatic rings. The highest BCUT2D eigenvalue weighted by Gasteiger charge is 2.21. The Morgan fingerprint density at radius 1 is 1.00 bits per heavy atom.